The molecule has 0 unspecified atom stereocenters. The molecule has 0 aliphatic carbocycles. The third-order valence-electron chi connectivity index (χ3n) is 3.47. The molecule has 0 spiro atoms. The van der Waals surface area contributed by atoms with Crippen LogP contribution < -0.4 is 14.8 Å². The number of hydrogen-bond acceptors (Lipinski definition) is 4. The van der Waals surface area contributed by atoms with E-state index < -0.39 is 0 Å². The van der Waals surface area contributed by atoms with Crippen LogP contribution in [0, 0.1) is 11.3 Å². The van der Waals surface area contributed by atoms with Gasteiger partial charge in [0.05, 0.1) is 25.9 Å². The zero-order valence-corrected chi connectivity index (χ0v) is 12.9. The van der Waals surface area contributed by atoms with Gasteiger partial charge >= 0.3 is 0 Å². The van der Waals surface area contributed by atoms with E-state index in [0.29, 0.717) is 5.56 Å². The Balaban J connectivity index is 1.86. The third-order valence-corrected chi connectivity index (χ3v) is 3.47. The van der Waals surface area contributed by atoms with Crippen LogP contribution in [0.25, 0.3) is 0 Å². The third kappa shape index (κ3) is 4.24. The molecular formula is C18H20N2O2. The van der Waals surface area contributed by atoms with Crippen LogP contribution in [0.2, 0.25) is 0 Å². The maximum absolute atomic E-state index is 8.77. The van der Waals surface area contributed by atoms with E-state index in [1.807, 2.05) is 42.5 Å². The molecule has 0 saturated heterocycles. The normalized spacial score (nSPS) is 10.0. The average molecular weight is 296 g/mol. The van der Waals surface area contributed by atoms with Gasteiger partial charge in [-0.05, 0) is 54.4 Å². The summed E-state index contributed by atoms with van der Waals surface area (Å²) in [6, 6.07) is 15.6. The largest absolute Gasteiger partial charge is 0.497 e. The van der Waals surface area contributed by atoms with Crippen molar-refractivity contribution in [1.82, 2.24) is 5.32 Å². The van der Waals surface area contributed by atoms with Crippen molar-refractivity contribution in [3.05, 3.63) is 59.2 Å². The smallest absolute Gasteiger partial charge is 0.122 e. The van der Waals surface area contributed by atoms with E-state index in [-0.39, 0.29) is 0 Å². The summed E-state index contributed by atoms with van der Waals surface area (Å²) in [6.07, 6.45) is 0.858. The highest BCUT2D eigenvalue weighted by Crippen LogP contribution is 2.24. The summed E-state index contributed by atoms with van der Waals surface area (Å²) in [5.41, 5.74) is 2.97. The number of methoxy groups -OCH3 is 2. The molecule has 0 aromatic heterocycles. The van der Waals surface area contributed by atoms with Gasteiger partial charge in [0, 0.05) is 6.54 Å². The molecule has 0 atom stereocenters. The molecule has 1 N–H and O–H groups in total. The van der Waals surface area contributed by atoms with Gasteiger partial charge < -0.3 is 14.8 Å². The molecule has 2 rings (SSSR count). The van der Waals surface area contributed by atoms with Crippen LogP contribution in [0.3, 0.4) is 0 Å². The average Bonchev–Trinajstić information content (AvgIpc) is 2.59. The molecule has 22 heavy (non-hydrogen) atoms. The lowest BCUT2D eigenvalue weighted by Gasteiger charge is -2.11. The van der Waals surface area contributed by atoms with Crippen LogP contribution in [-0.2, 0) is 13.0 Å². The number of rotatable bonds is 7. The van der Waals surface area contributed by atoms with Gasteiger partial charge in [-0.25, -0.2) is 0 Å². The summed E-state index contributed by atoms with van der Waals surface area (Å²) in [5, 5.41) is 12.2. The van der Waals surface area contributed by atoms with Crippen molar-refractivity contribution in [3.8, 4) is 17.6 Å². The molecule has 0 heterocycles. The first-order valence-corrected chi connectivity index (χ1v) is 7.17. The molecule has 4 nitrogen and oxygen atoms in total. The zero-order valence-electron chi connectivity index (χ0n) is 12.9. The molecule has 2 aromatic rings. The lowest BCUT2D eigenvalue weighted by atomic mass is 10.1. The number of nitrogens with one attached hydrogen (secondary N) is 1. The summed E-state index contributed by atoms with van der Waals surface area (Å²) in [5.74, 6) is 1.71. The summed E-state index contributed by atoms with van der Waals surface area (Å²) in [4.78, 5) is 0. The minimum absolute atomic E-state index is 0.685. The second kappa shape index (κ2) is 8.06. The molecule has 114 valence electrons. The van der Waals surface area contributed by atoms with E-state index in [0.717, 1.165) is 42.1 Å². The van der Waals surface area contributed by atoms with Gasteiger partial charge in [-0.15, -0.1) is 0 Å². The maximum Gasteiger partial charge on any atom is 0.122 e. The number of nitrogens with zero attached hydrogens (tertiary/aromatic N) is 1. The Labute approximate surface area is 131 Å². The lowest BCUT2D eigenvalue weighted by Crippen LogP contribution is -2.17. The van der Waals surface area contributed by atoms with E-state index in [9.17, 15) is 0 Å². The Bertz CT molecular complexity index is 645. The van der Waals surface area contributed by atoms with E-state index in [1.165, 1.54) is 0 Å². The molecule has 0 radical (unpaired) electrons. The SMILES string of the molecule is COc1ccc(OC)c(CCNCc2ccc(C#N)cc2)c1. The second-order valence-corrected chi connectivity index (χ2v) is 4.91. The Hall–Kier alpha value is -2.51. The van der Waals surface area contributed by atoms with Gasteiger partial charge in [-0.1, -0.05) is 12.1 Å². The molecule has 0 saturated carbocycles. The maximum atomic E-state index is 8.77. The van der Waals surface area contributed by atoms with Crippen LogP contribution in [0.15, 0.2) is 42.5 Å². The van der Waals surface area contributed by atoms with Crippen molar-refractivity contribution in [1.29, 1.82) is 5.26 Å². The van der Waals surface area contributed by atoms with Gasteiger partial charge in [0.25, 0.3) is 0 Å². The molecule has 0 aliphatic rings. The van der Waals surface area contributed by atoms with Gasteiger partial charge in [-0.3, -0.25) is 0 Å². The number of nitriles is 1. The Morgan fingerprint density at radius 1 is 1.05 bits per heavy atom. The fourth-order valence-electron chi connectivity index (χ4n) is 2.23. The highest BCUT2D eigenvalue weighted by molar-refractivity contribution is 5.40. The Kier molecular flexibility index (Phi) is 5.81. The van der Waals surface area contributed by atoms with E-state index in [2.05, 4.69) is 11.4 Å². The summed E-state index contributed by atoms with van der Waals surface area (Å²) in [7, 11) is 3.34. The standard InChI is InChI=1S/C18H20N2O2/c1-21-17-7-8-18(22-2)16(11-17)9-10-20-13-15-5-3-14(12-19)4-6-15/h3-8,11,20H,9-10,13H2,1-2H3. The highest BCUT2D eigenvalue weighted by Gasteiger charge is 2.04. The molecule has 0 fully saturated rings. The van der Waals surface area contributed by atoms with Crippen molar-refractivity contribution in [2.75, 3.05) is 20.8 Å². The van der Waals surface area contributed by atoms with Crippen LogP contribution in [0.4, 0.5) is 0 Å². The Morgan fingerprint density at radius 3 is 2.45 bits per heavy atom. The number of benzene rings is 2. The van der Waals surface area contributed by atoms with E-state index in [1.54, 1.807) is 14.2 Å². The number of ether oxygens (including phenoxy) is 2. The van der Waals surface area contributed by atoms with Gasteiger partial charge in [-0.2, -0.15) is 5.26 Å². The van der Waals surface area contributed by atoms with Crippen LogP contribution in [-0.4, -0.2) is 20.8 Å². The molecular weight excluding hydrogens is 276 g/mol. The molecule has 0 aliphatic heterocycles. The minimum Gasteiger partial charge on any atom is -0.497 e. The van der Waals surface area contributed by atoms with Gasteiger partial charge in [0.15, 0.2) is 0 Å². The first-order chi connectivity index (χ1) is 10.8. The Morgan fingerprint density at radius 2 is 1.82 bits per heavy atom. The molecule has 2 aromatic carbocycles. The van der Waals surface area contributed by atoms with Crippen LogP contribution >= 0.6 is 0 Å². The monoisotopic (exact) mass is 296 g/mol. The van der Waals surface area contributed by atoms with Crippen LogP contribution in [0.1, 0.15) is 16.7 Å². The minimum atomic E-state index is 0.685. The van der Waals surface area contributed by atoms with Gasteiger partial charge in [0.2, 0.25) is 0 Å². The van der Waals surface area contributed by atoms with Crippen molar-refractivity contribution >= 4 is 0 Å². The van der Waals surface area contributed by atoms with Crippen LogP contribution in [0.5, 0.6) is 11.5 Å². The van der Waals surface area contributed by atoms with E-state index in [4.69, 9.17) is 14.7 Å². The van der Waals surface area contributed by atoms with Crippen molar-refractivity contribution in [2.24, 2.45) is 0 Å². The first kappa shape index (κ1) is 15.9. The first-order valence-electron chi connectivity index (χ1n) is 7.17. The van der Waals surface area contributed by atoms with E-state index >= 15 is 0 Å². The topological polar surface area (TPSA) is 54.3 Å². The quantitative estimate of drug-likeness (QED) is 0.798. The molecule has 0 amide bonds. The predicted octanol–water partition coefficient (Wildman–Crippen LogP) is 2.91. The summed E-state index contributed by atoms with van der Waals surface area (Å²) >= 11 is 0. The lowest BCUT2D eigenvalue weighted by molar-refractivity contribution is 0.398. The van der Waals surface area contributed by atoms with Crippen molar-refractivity contribution in [3.63, 3.8) is 0 Å². The van der Waals surface area contributed by atoms with Gasteiger partial charge in [0.1, 0.15) is 11.5 Å². The zero-order chi connectivity index (χ0) is 15.8. The van der Waals surface area contributed by atoms with Crippen molar-refractivity contribution in [2.45, 2.75) is 13.0 Å². The highest BCUT2D eigenvalue weighted by atomic mass is 16.5. The summed E-state index contributed by atoms with van der Waals surface area (Å²) < 4.78 is 10.6. The molecule has 4 heteroatoms. The summed E-state index contributed by atoms with van der Waals surface area (Å²) in [6.45, 7) is 1.61. The van der Waals surface area contributed by atoms with Crippen molar-refractivity contribution < 1.29 is 9.47 Å². The fraction of sp³-hybridized carbons (Fsp3) is 0.278. The predicted molar refractivity (Wildman–Crippen MR) is 86.1 cm³/mol. The fourth-order valence-corrected chi connectivity index (χ4v) is 2.23. The second-order valence-electron chi connectivity index (χ2n) is 4.91. The number of hydrogen-bond donors (Lipinski definition) is 1. The molecule has 0 bridgehead atoms.